The number of thioether (sulfide) groups is 2. The second-order valence-corrected chi connectivity index (χ2v) is 7.23. The van der Waals surface area contributed by atoms with E-state index in [9.17, 15) is 4.79 Å². The van der Waals surface area contributed by atoms with E-state index in [1.54, 1.807) is 12.4 Å². The maximum absolute atomic E-state index is 12.1. The minimum Gasteiger partial charge on any atom is -0.364 e. The van der Waals surface area contributed by atoms with Crippen molar-refractivity contribution in [3.63, 3.8) is 0 Å². The van der Waals surface area contributed by atoms with Crippen LogP contribution in [0.25, 0.3) is 0 Å². The molecule has 0 amide bonds. The van der Waals surface area contributed by atoms with Gasteiger partial charge in [-0.15, -0.1) is 0 Å². The van der Waals surface area contributed by atoms with E-state index in [0.29, 0.717) is 17.1 Å². The molecule has 6 heteroatoms. The van der Waals surface area contributed by atoms with Crippen molar-refractivity contribution in [2.24, 2.45) is 0 Å². The van der Waals surface area contributed by atoms with Gasteiger partial charge >= 0.3 is 0 Å². The van der Waals surface area contributed by atoms with E-state index >= 15 is 0 Å². The van der Waals surface area contributed by atoms with E-state index in [0.717, 1.165) is 19.4 Å². The lowest BCUT2D eigenvalue weighted by atomic mass is 10.4. The van der Waals surface area contributed by atoms with E-state index in [2.05, 4.69) is 10.3 Å². The summed E-state index contributed by atoms with van der Waals surface area (Å²) in [5, 5.41) is 3.82. The number of rotatable bonds is 4. The Balaban J connectivity index is 1.65. The van der Waals surface area contributed by atoms with Gasteiger partial charge in [-0.1, -0.05) is 0 Å². The van der Waals surface area contributed by atoms with Gasteiger partial charge in [0.25, 0.3) is 5.56 Å². The smallest absolute Gasteiger partial charge is 0.293 e. The number of nitrogens with one attached hydrogen (secondary N) is 1. The number of hydrogen-bond donors (Lipinski definition) is 1. The van der Waals surface area contributed by atoms with Gasteiger partial charge in [-0.05, 0) is 12.8 Å². The van der Waals surface area contributed by atoms with Gasteiger partial charge in [-0.25, -0.2) is 4.98 Å². The van der Waals surface area contributed by atoms with Crippen LogP contribution in [-0.2, 0) is 0 Å². The lowest BCUT2D eigenvalue weighted by Gasteiger charge is -2.21. The zero-order valence-electron chi connectivity index (χ0n) is 10.2. The molecule has 0 spiro atoms. The lowest BCUT2D eigenvalue weighted by molar-refractivity contribution is 0.699. The summed E-state index contributed by atoms with van der Waals surface area (Å²) in [7, 11) is 0. The number of hydrogen-bond acceptors (Lipinski definition) is 5. The van der Waals surface area contributed by atoms with Crippen molar-refractivity contribution in [2.45, 2.75) is 24.1 Å². The Morgan fingerprint density at radius 3 is 3.06 bits per heavy atom. The first-order chi connectivity index (χ1) is 8.84. The summed E-state index contributed by atoms with van der Waals surface area (Å²) in [4.78, 5) is 16.3. The van der Waals surface area contributed by atoms with Gasteiger partial charge in [0.05, 0.1) is 0 Å². The summed E-state index contributed by atoms with van der Waals surface area (Å²) in [5.41, 5.74) is 0.0356. The van der Waals surface area contributed by atoms with Crippen LogP contribution < -0.4 is 10.9 Å². The number of nitrogens with zero attached hydrogens (tertiary/aromatic N) is 2. The molecule has 98 valence electrons. The van der Waals surface area contributed by atoms with Crippen molar-refractivity contribution < 1.29 is 0 Å². The minimum absolute atomic E-state index is 0.0356. The van der Waals surface area contributed by atoms with Crippen molar-refractivity contribution in [3.05, 3.63) is 22.7 Å². The van der Waals surface area contributed by atoms with Crippen LogP contribution in [0, 0.1) is 0 Å². The van der Waals surface area contributed by atoms with Crippen LogP contribution in [0.1, 0.15) is 18.9 Å². The highest BCUT2D eigenvalue weighted by Gasteiger charge is 2.25. The summed E-state index contributed by atoms with van der Waals surface area (Å²) >= 11 is 3.99. The molecule has 1 saturated carbocycles. The highest BCUT2D eigenvalue weighted by molar-refractivity contribution is 8.06. The first-order valence-corrected chi connectivity index (χ1v) is 8.55. The number of aromatic nitrogens is 2. The molecular weight excluding hydrogens is 266 g/mol. The molecule has 2 heterocycles. The summed E-state index contributed by atoms with van der Waals surface area (Å²) in [5.74, 6) is 4.15. The van der Waals surface area contributed by atoms with E-state index in [4.69, 9.17) is 0 Å². The highest BCUT2D eigenvalue weighted by Crippen LogP contribution is 2.33. The highest BCUT2D eigenvalue weighted by atomic mass is 32.2. The van der Waals surface area contributed by atoms with Gasteiger partial charge in [0.2, 0.25) is 0 Å². The molecule has 1 N–H and O–H groups in total. The Morgan fingerprint density at radius 2 is 2.33 bits per heavy atom. The molecule has 4 nitrogen and oxygen atoms in total. The Morgan fingerprint density at radius 1 is 1.44 bits per heavy atom. The van der Waals surface area contributed by atoms with Gasteiger partial charge in [0, 0.05) is 47.5 Å². The normalized spacial score (nSPS) is 23.9. The molecule has 0 bridgehead atoms. The van der Waals surface area contributed by atoms with Crippen LogP contribution >= 0.6 is 23.5 Å². The van der Waals surface area contributed by atoms with Gasteiger partial charge in [-0.3, -0.25) is 4.79 Å². The zero-order valence-corrected chi connectivity index (χ0v) is 11.8. The maximum Gasteiger partial charge on any atom is 0.293 e. The molecular formula is C12H17N3OS2. The number of anilines is 1. The molecule has 1 unspecified atom stereocenters. The van der Waals surface area contributed by atoms with E-state index < -0.39 is 0 Å². The fraction of sp³-hybridized carbons (Fsp3) is 0.667. The average Bonchev–Trinajstić information content (AvgIpc) is 3.23. The van der Waals surface area contributed by atoms with Crippen molar-refractivity contribution in [3.8, 4) is 0 Å². The van der Waals surface area contributed by atoms with Crippen molar-refractivity contribution in [2.75, 3.05) is 29.1 Å². The predicted octanol–water partition coefficient (Wildman–Crippen LogP) is 1.84. The standard InChI is InChI=1S/C12H17N3OS2/c16-12-11(13-3-4-15(12)9-1-2-9)14-7-10-8-17-5-6-18-10/h3-4,9-10H,1-2,5-8H2,(H,13,14). The van der Waals surface area contributed by atoms with Crippen LogP contribution in [0.5, 0.6) is 0 Å². The first-order valence-electron chi connectivity index (χ1n) is 6.35. The van der Waals surface area contributed by atoms with Crippen LogP contribution in [0.2, 0.25) is 0 Å². The fourth-order valence-electron chi connectivity index (χ4n) is 2.05. The van der Waals surface area contributed by atoms with Crippen molar-refractivity contribution in [1.82, 2.24) is 9.55 Å². The molecule has 3 rings (SSSR count). The molecule has 1 aliphatic carbocycles. The quantitative estimate of drug-likeness (QED) is 0.913. The zero-order chi connectivity index (χ0) is 12.4. The third-order valence-electron chi connectivity index (χ3n) is 3.19. The van der Waals surface area contributed by atoms with Gasteiger partial charge < -0.3 is 9.88 Å². The summed E-state index contributed by atoms with van der Waals surface area (Å²) in [6, 6.07) is 0.417. The van der Waals surface area contributed by atoms with E-state index in [1.807, 2.05) is 28.1 Å². The molecule has 0 radical (unpaired) electrons. The first kappa shape index (κ1) is 12.4. The van der Waals surface area contributed by atoms with Crippen molar-refractivity contribution in [1.29, 1.82) is 0 Å². The van der Waals surface area contributed by atoms with Crippen LogP contribution in [-0.4, -0.2) is 38.6 Å². The SMILES string of the molecule is O=c1c(NCC2CSCCS2)nccn1C1CC1. The molecule has 1 aromatic rings. The summed E-state index contributed by atoms with van der Waals surface area (Å²) in [6.07, 6.45) is 5.78. The lowest BCUT2D eigenvalue weighted by Crippen LogP contribution is -2.29. The van der Waals surface area contributed by atoms with Crippen LogP contribution in [0.4, 0.5) is 5.82 Å². The van der Waals surface area contributed by atoms with E-state index in [-0.39, 0.29) is 5.56 Å². The average molecular weight is 283 g/mol. The molecule has 1 saturated heterocycles. The van der Waals surface area contributed by atoms with E-state index in [1.165, 1.54) is 17.3 Å². The van der Waals surface area contributed by atoms with Crippen LogP contribution in [0.3, 0.4) is 0 Å². The molecule has 1 aromatic heterocycles. The molecule has 2 aliphatic rings. The second-order valence-electron chi connectivity index (χ2n) is 4.67. The fourth-order valence-corrected chi connectivity index (χ4v) is 4.66. The summed E-state index contributed by atoms with van der Waals surface area (Å²) < 4.78 is 1.82. The molecule has 18 heavy (non-hydrogen) atoms. The third-order valence-corrected chi connectivity index (χ3v) is 6.04. The third kappa shape index (κ3) is 2.85. The summed E-state index contributed by atoms with van der Waals surface area (Å²) in [6.45, 7) is 0.842. The predicted molar refractivity (Wildman–Crippen MR) is 78.8 cm³/mol. The largest absolute Gasteiger partial charge is 0.364 e. The molecule has 1 aliphatic heterocycles. The second kappa shape index (κ2) is 5.57. The Kier molecular flexibility index (Phi) is 3.84. The Hall–Kier alpha value is -0.620. The van der Waals surface area contributed by atoms with Crippen LogP contribution in [0.15, 0.2) is 17.2 Å². The van der Waals surface area contributed by atoms with Gasteiger partial charge in [-0.2, -0.15) is 23.5 Å². The minimum atomic E-state index is 0.0356. The molecule has 1 atom stereocenters. The molecule has 2 fully saturated rings. The topological polar surface area (TPSA) is 46.9 Å². The van der Waals surface area contributed by atoms with Gasteiger partial charge in [0.1, 0.15) is 0 Å². The Bertz CT molecular complexity index is 467. The van der Waals surface area contributed by atoms with Gasteiger partial charge in [0.15, 0.2) is 5.82 Å². The monoisotopic (exact) mass is 283 g/mol. The Labute approximate surface area is 115 Å². The molecule has 0 aromatic carbocycles. The van der Waals surface area contributed by atoms with Crippen molar-refractivity contribution >= 4 is 29.3 Å². The maximum atomic E-state index is 12.1.